The lowest BCUT2D eigenvalue weighted by atomic mass is 9.91. The van der Waals surface area contributed by atoms with Gasteiger partial charge in [0.05, 0.1) is 22.6 Å². The summed E-state index contributed by atoms with van der Waals surface area (Å²) in [5, 5.41) is 7.60. The highest BCUT2D eigenvalue weighted by molar-refractivity contribution is 6.30. The van der Waals surface area contributed by atoms with E-state index in [1.54, 1.807) is 0 Å². The summed E-state index contributed by atoms with van der Waals surface area (Å²) in [5.74, 6) is 0.661. The van der Waals surface area contributed by atoms with E-state index in [4.69, 9.17) is 23.8 Å². The van der Waals surface area contributed by atoms with Crippen molar-refractivity contribution in [3.05, 3.63) is 188 Å². The molecular weight excluding hydrogens is 711 g/mol. The van der Waals surface area contributed by atoms with Gasteiger partial charge in [0.1, 0.15) is 22.3 Å². The van der Waals surface area contributed by atoms with Crippen LogP contribution in [0.15, 0.2) is 197 Å². The maximum absolute atomic E-state index is 6.80. The fourth-order valence-corrected chi connectivity index (χ4v) is 8.62. The molecule has 0 radical (unpaired) electrons. The summed E-state index contributed by atoms with van der Waals surface area (Å²) in [5.41, 5.74) is 13.0. The summed E-state index contributed by atoms with van der Waals surface area (Å²) < 4.78 is 13.1. The molecule has 0 bridgehead atoms. The molecule has 0 aliphatic heterocycles. The second-order valence-electron chi connectivity index (χ2n) is 14.7. The van der Waals surface area contributed by atoms with E-state index in [9.17, 15) is 0 Å². The largest absolute Gasteiger partial charge is 0.456 e. The minimum absolute atomic E-state index is 0.661. The van der Waals surface area contributed by atoms with Crippen LogP contribution in [0, 0.1) is 0 Å². The highest BCUT2D eigenvalue weighted by Gasteiger charge is 2.22. The number of hydrogen-bond donors (Lipinski definition) is 0. The lowest BCUT2D eigenvalue weighted by Crippen LogP contribution is -1.96. The summed E-state index contributed by atoms with van der Waals surface area (Å²) in [4.78, 5) is 15.6. The quantitative estimate of drug-likeness (QED) is 0.164. The van der Waals surface area contributed by atoms with Crippen molar-refractivity contribution < 1.29 is 8.83 Å². The Labute approximate surface area is 332 Å². The maximum atomic E-state index is 6.80. The Morgan fingerprint density at radius 3 is 1.71 bits per heavy atom. The molecule has 0 saturated carbocycles. The molecule has 5 nitrogen and oxygen atoms in total. The van der Waals surface area contributed by atoms with E-state index < -0.39 is 0 Å². The molecule has 0 saturated heterocycles. The first-order chi connectivity index (χ1) is 28.7. The Morgan fingerprint density at radius 1 is 0.328 bits per heavy atom. The molecule has 4 heterocycles. The fraction of sp³-hybridized carbons (Fsp3) is 0. The third kappa shape index (κ3) is 5.07. The number of furan rings is 2. The van der Waals surface area contributed by atoms with Gasteiger partial charge in [-0.3, -0.25) is 0 Å². The van der Waals surface area contributed by atoms with Crippen LogP contribution in [0.1, 0.15) is 0 Å². The molecule has 0 spiro atoms. The smallest absolute Gasteiger partial charge is 0.160 e. The first kappa shape index (κ1) is 32.4. The lowest BCUT2D eigenvalue weighted by molar-refractivity contribution is 0.669. The molecule has 0 fully saturated rings. The van der Waals surface area contributed by atoms with Crippen molar-refractivity contribution in [2.75, 3.05) is 0 Å². The van der Waals surface area contributed by atoms with Crippen molar-refractivity contribution in [2.24, 2.45) is 0 Å². The van der Waals surface area contributed by atoms with E-state index in [0.717, 1.165) is 116 Å². The van der Waals surface area contributed by atoms with E-state index in [2.05, 4.69) is 127 Å². The number of hydrogen-bond acceptors (Lipinski definition) is 5. The van der Waals surface area contributed by atoms with Crippen LogP contribution in [-0.2, 0) is 0 Å². The molecule has 270 valence electrons. The van der Waals surface area contributed by atoms with Gasteiger partial charge in [-0.1, -0.05) is 152 Å². The van der Waals surface area contributed by atoms with Crippen molar-refractivity contribution in [3.8, 4) is 56.3 Å². The minimum Gasteiger partial charge on any atom is -0.456 e. The van der Waals surface area contributed by atoms with Crippen LogP contribution in [0.4, 0.5) is 0 Å². The van der Waals surface area contributed by atoms with E-state index in [1.165, 1.54) is 0 Å². The molecule has 58 heavy (non-hydrogen) atoms. The van der Waals surface area contributed by atoms with Gasteiger partial charge in [-0.2, -0.15) is 0 Å². The minimum atomic E-state index is 0.661. The number of aromatic nitrogens is 3. The van der Waals surface area contributed by atoms with Crippen LogP contribution < -0.4 is 0 Å². The Kier molecular flexibility index (Phi) is 7.16. The Hall–Kier alpha value is -7.89. The normalized spacial score (nSPS) is 11.8. The van der Waals surface area contributed by atoms with Crippen LogP contribution in [0.5, 0.6) is 0 Å². The first-order valence-electron chi connectivity index (χ1n) is 19.4. The Bertz CT molecular complexity index is 3550. The molecule has 12 rings (SSSR count). The zero-order chi connectivity index (χ0) is 38.2. The van der Waals surface area contributed by atoms with Gasteiger partial charge in [0.15, 0.2) is 5.82 Å². The molecule has 0 aliphatic carbocycles. The molecule has 5 heteroatoms. The molecule has 12 aromatic rings. The Morgan fingerprint density at radius 2 is 0.931 bits per heavy atom. The van der Waals surface area contributed by atoms with E-state index >= 15 is 0 Å². The summed E-state index contributed by atoms with van der Waals surface area (Å²) in [6.07, 6.45) is 0. The number of benzene rings is 8. The number of nitrogens with zero attached hydrogens (tertiary/aromatic N) is 3. The highest BCUT2D eigenvalue weighted by atomic mass is 16.3. The molecule has 0 N–H and O–H groups in total. The van der Waals surface area contributed by atoms with Crippen molar-refractivity contribution in [2.45, 2.75) is 0 Å². The van der Waals surface area contributed by atoms with Crippen LogP contribution in [0.3, 0.4) is 0 Å². The zero-order valence-corrected chi connectivity index (χ0v) is 31.1. The molecular formula is C53H31N3O2. The summed E-state index contributed by atoms with van der Waals surface area (Å²) in [6.45, 7) is 0. The van der Waals surface area contributed by atoms with Gasteiger partial charge in [0.25, 0.3) is 0 Å². The zero-order valence-electron chi connectivity index (χ0n) is 31.1. The maximum Gasteiger partial charge on any atom is 0.160 e. The number of para-hydroxylation sites is 3. The average molecular weight is 742 g/mol. The third-order valence-corrected chi connectivity index (χ3v) is 11.3. The second-order valence-corrected chi connectivity index (χ2v) is 14.7. The standard InChI is InChI=1S/C53H31N3O2/c1-3-14-34(15-4-1)51-41-30-40(52-50(39-20-9-12-24-46(39)58-52)49(41)36-18-7-10-22-42(36)54-51)32-26-28-33(29-27-32)43-31-44(56-53(55-43)35-16-5-2-6-17-35)37-21-13-25-47-48(37)38-19-8-11-23-45(38)57-47/h1-31H. The first-order valence-corrected chi connectivity index (χ1v) is 19.4. The topological polar surface area (TPSA) is 65.0 Å². The number of fused-ring (bicyclic) bond motifs is 10. The molecule has 0 amide bonds. The summed E-state index contributed by atoms with van der Waals surface area (Å²) in [7, 11) is 0. The predicted octanol–water partition coefficient (Wildman–Crippen LogP) is 14.3. The molecule has 0 aliphatic rings. The number of rotatable bonds is 5. The molecule has 8 aromatic carbocycles. The molecule has 0 unspecified atom stereocenters. The van der Waals surface area contributed by atoms with Crippen molar-refractivity contribution in [1.29, 1.82) is 0 Å². The van der Waals surface area contributed by atoms with Gasteiger partial charge in [-0.25, -0.2) is 15.0 Å². The summed E-state index contributed by atoms with van der Waals surface area (Å²) in [6, 6.07) is 64.7. The predicted molar refractivity (Wildman–Crippen MR) is 237 cm³/mol. The van der Waals surface area contributed by atoms with Gasteiger partial charge in [-0.15, -0.1) is 0 Å². The second kappa shape index (κ2) is 12.8. The van der Waals surface area contributed by atoms with Gasteiger partial charge < -0.3 is 8.83 Å². The van der Waals surface area contributed by atoms with Crippen LogP contribution in [-0.4, -0.2) is 15.0 Å². The van der Waals surface area contributed by atoms with E-state index in [0.29, 0.717) is 5.82 Å². The van der Waals surface area contributed by atoms with E-state index in [-0.39, 0.29) is 0 Å². The monoisotopic (exact) mass is 741 g/mol. The lowest BCUT2D eigenvalue weighted by Gasteiger charge is -2.14. The van der Waals surface area contributed by atoms with E-state index in [1.807, 2.05) is 60.7 Å². The number of pyridine rings is 1. The SMILES string of the molecule is c1ccc(-c2nc(-c3ccc(-c4cc5c(-c6ccccc6)nc6ccccc6c5c5c4oc4ccccc45)cc3)cc(-c3cccc4oc5ccccc5c34)n2)cc1. The highest BCUT2D eigenvalue weighted by Crippen LogP contribution is 2.46. The fourth-order valence-electron chi connectivity index (χ4n) is 8.62. The van der Waals surface area contributed by atoms with Crippen LogP contribution >= 0.6 is 0 Å². The van der Waals surface area contributed by atoms with Crippen molar-refractivity contribution >= 4 is 65.6 Å². The molecule has 4 aromatic heterocycles. The van der Waals surface area contributed by atoms with Crippen LogP contribution in [0.25, 0.3) is 122 Å². The molecule has 0 atom stereocenters. The van der Waals surface area contributed by atoms with Gasteiger partial charge in [0.2, 0.25) is 0 Å². The third-order valence-electron chi connectivity index (χ3n) is 11.3. The van der Waals surface area contributed by atoms with Crippen molar-refractivity contribution in [3.63, 3.8) is 0 Å². The summed E-state index contributed by atoms with van der Waals surface area (Å²) >= 11 is 0. The average Bonchev–Trinajstić information content (AvgIpc) is 3.88. The van der Waals surface area contributed by atoms with Gasteiger partial charge in [-0.05, 0) is 42.0 Å². The van der Waals surface area contributed by atoms with Crippen LogP contribution in [0.2, 0.25) is 0 Å². The van der Waals surface area contributed by atoms with Gasteiger partial charge >= 0.3 is 0 Å². The Balaban J connectivity index is 1.07. The van der Waals surface area contributed by atoms with Crippen molar-refractivity contribution in [1.82, 2.24) is 15.0 Å². The van der Waals surface area contributed by atoms with Gasteiger partial charge in [0, 0.05) is 65.5 Å².